The van der Waals surface area contributed by atoms with Crippen molar-refractivity contribution in [2.75, 3.05) is 12.8 Å². The van der Waals surface area contributed by atoms with Crippen molar-refractivity contribution in [2.45, 2.75) is 31.8 Å². The van der Waals surface area contributed by atoms with E-state index in [0.717, 1.165) is 35.8 Å². The molecular weight excluding hydrogens is 418 g/mol. The number of rotatable bonds is 7. The summed E-state index contributed by atoms with van der Waals surface area (Å²) in [6.45, 7) is 0.348. The van der Waals surface area contributed by atoms with Gasteiger partial charge >= 0.3 is 0 Å². The number of benzene rings is 2. The molecule has 0 radical (unpaired) electrons. The average molecular weight is 446 g/mol. The fourth-order valence-electron chi connectivity index (χ4n) is 4.94. The van der Waals surface area contributed by atoms with Crippen molar-refractivity contribution in [1.29, 1.82) is 0 Å². The van der Waals surface area contributed by atoms with Crippen LogP contribution in [0.15, 0.2) is 48.5 Å². The van der Waals surface area contributed by atoms with Gasteiger partial charge in [0.25, 0.3) is 11.8 Å². The Bertz CT molecular complexity index is 1210. The molecule has 2 saturated carbocycles. The van der Waals surface area contributed by atoms with E-state index in [9.17, 15) is 9.59 Å². The maximum atomic E-state index is 12.5. The summed E-state index contributed by atoms with van der Waals surface area (Å²) in [4.78, 5) is 24.7. The predicted molar refractivity (Wildman–Crippen MR) is 125 cm³/mol. The number of nitrogens with two attached hydrogens (primary N) is 2. The SMILES string of the molecule is COc1ccccc1C(=O)NCc1ccc(-c2nn(C3CC4CC4C3)c(N)c2C(N)=O)cc1. The van der Waals surface area contributed by atoms with Crippen molar-refractivity contribution in [3.05, 3.63) is 65.2 Å². The van der Waals surface area contributed by atoms with Gasteiger partial charge in [0, 0.05) is 12.1 Å². The second kappa shape index (κ2) is 8.27. The van der Waals surface area contributed by atoms with Crippen LogP contribution in [0.3, 0.4) is 0 Å². The number of hydrogen-bond acceptors (Lipinski definition) is 5. The molecule has 1 heterocycles. The van der Waals surface area contributed by atoms with Crippen molar-refractivity contribution in [1.82, 2.24) is 15.1 Å². The molecule has 8 nitrogen and oxygen atoms in total. The first-order valence-corrected chi connectivity index (χ1v) is 11.1. The molecule has 2 amide bonds. The third-order valence-corrected chi connectivity index (χ3v) is 6.79. The summed E-state index contributed by atoms with van der Waals surface area (Å²) in [7, 11) is 1.54. The fraction of sp³-hybridized carbons (Fsp3) is 0.320. The zero-order valence-corrected chi connectivity index (χ0v) is 18.5. The Hall–Kier alpha value is -3.81. The van der Waals surface area contributed by atoms with Crippen LogP contribution in [-0.2, 0) is 6.54 Å². The topological polar surface area (TPSA) is 125 Å². The molecule has 0 aliphatic heterocycles. The molecule has 2 atom stereocenters. The van der Waals surface area contributed by atoms with Gasteiger partial charge in [-0.1, -0.05) is 36.4 Å². The molecule has 8 heteroatoms. The summed E-state index contributed by atoms with van der Waals surface area (Å²) in [5.41, 5.74) is 14.9. The molecule has 2 fully saturated rings. The number of carbonyl (C=O) groups is 2. The van der Waals surface area contributed by atoms with Crippen molar-refractivity contribution in [3.63, 3.8) is 0 Å². The number of aromatic nitrogens is 2. The molecule has 0 bridgehead atoms. The number of anilines is 1. The third-order valence-electron chi connectivity index (χ3n) is 6.79. The summed E-state index contributed by atoms with van der Waals surface area (Å²) < 4.78 is 7.05. The molecule has 0 spiro atoms. The van der Waals surface area contributed by atoms with Gasteiger partial charge in [-0.15, -0.1) is 0 Å². The van der Waals surface area contributed by atoms with Crippen molar-refractivity contribution in [3.8, 4) is 17.0 Å². The Balaban J connectivity index is 1.33. The second-order valence-electron chi connectivity index (χ2n) is 8.88. The molecule has 2 aliphatic carbocycles. The zero-order valence-electron chi connectivity index (χ0n) is 18.5. The monoisotopic (exact) mass is 445 g/mol. The number of para-hydroxylation sites is 1. The molecular formula is C25H27N5O3. The zero-order chi connectivity index (χ0) is 23.1. The van der Waals surface area contributed by atoms with Crippen LogP contribution in [0.25, 0.3) is 11.3 Å². The van der Waals surface area contributed by atoms with Crippen molar-refractivity contribution in [2.24, 2.45) is 17.6 Å². The van der Waals surface area contributed by atoms with Gasteiger partial charge in [-0.2, -0.15) is 5.10 Å². The number of methoxy groups -OCH3 is 1. The number of ether oxygens (including phenoxy) is 1. The highest BCUT2D eigenvalue weighted by Crippen LogP contribution is 2.56. The van der Waals surface area contributed by atoms with Crippen LogP contribution >= 0.6 is 0 Å². The average Bonchev–Trinajstić information content (AvgIpc) is 3.27. The summed E-state index contributed by atoms with van der Waals surface area (Å²) in [6.07, 6.45) is 3.40. The van der Waals surface area contributed by atoms with Gasteiger partial charge in [-0.3, -0.25) is 9.59 Å². The van der Waals surface area contributed by atoms with E-state index in [1.54, 1.807) is 22.9 Å². The summed E-state index contributed by atoms with van der Waals surface area (Å²) >= 11 is 0. The first kappa shape index (κ1) is 21.1. The van der Waals surface area contributed by atoms with E-state index in [4.69, 9.17) is 21.3 Å². The Kier molecular flexibility index (Phi) is 5.28. The van der Waals surface area contributed by atoms with Gasteiger partial charge in [0.2, 0.25) is 0 Å². The van der Waals surface area contributed by atoms with E-state index in [2.05, 4.69) is 5.32 Å². The standard InChI is InChI=1S/C25H27N5O3/c1-33-20-5-3-2-4-19(20)25(32)28-13-14-6-8-15(9-7-14)22-21(24(27)31)23(26)30(29-22)18-11-16-10-17(16)12-18/h2-9,16-18H,10-13,26H2,1H3,(H2,27,31)(H,28,32). The Morgan fingerprint density at radius 1 is 1.09 bits per heavy atom. The lowest BCUT2D eigenvalue weighted by Crippen LogP contribution is -2.23. The van der Waals surface area contributed by atoms with Crippen LogP contribution in [0, 0.1) is 11.8 Å². The van der Waals surface area contributed by atoms with Gasteiger partial charge in [-0.25, -0.2) is 4.68 Å². The molecule has 5 rings (SSSR count). The first-order valence-electron chi connectivity index (χ1n) is 11.1. The number of fused-ring (bicyclic) bond motifs is 1. The van der Waals surface area contributed by atoms with Gasteiger partial charge in [0.15, 0.2) is 0 Å². The minimum absolute atomic E-state index is 0.214. The maximum absolute atomic E-state index is 12.5. The molecule has 2 unspecified atom stereocenters. The molecule has 3 aromatic rings. The minimum atomic E-state index is -0.579. The highest BCUT2D eigenvalue weighted by molar-refractivity contribution is 6.03. The molecule has 33 heavy (non-hydrogen) atoms. The number of nitrogens with one attached hydrogen (secondary N) is 1. The van der Waals surface area contributed by atoms with Crippen molar-refractivity contribution < 1.29 is 14.3 Å². The smallest absolute Gasteiger partial charge is 0.255 e. The van der Waals surface area contributed by atoms with E-state index < -0.39 is 5.91 Å². The summed E-state index contributed by atoms with van der Waals surface area (Å²) in [5, 5.41) is 7.61. The second-order valence-corrected chi connectivity index (χ2v) is 8.88. The Labute approximate surface area is 191 Å². The molecule has 170 valence electrons. The number of nitrogens with zero attached hydrogens (tertiary/aromatic N) is 2. The summed E-state index contributed by atoms with van der Waals surface area (Å²) in [5.74, 6) is 1.61. The van der Waals surface area contributed by atoms with Crippen LogP contribution in [0.5, 0.6) is 5.75 Å². The van der Waals surface area contributed by atoms with Crippen molar-refractivity contribution >= 4 is 17.6 Å². The molecule has 2 aromatic carbocycles. The van der Waals surface area contributed by atoms with Crippen LogP contribution in [0.2, 0.25) is 0 Å². The van der Waals surface area contributed by atoms with E-state index in [0.29, 0.717) is 29.4 Å². The minimum Gasteiger partial charge on any atom is -0.496 e. The quantitative estimate of drug-likeness (QED) is 0.515. The molecule has 0 saturated heterocycles. The third kappa shape index (κ3) is 3.92. The summed E-state index contributed by atoms with van der Waals surface area (Å²) in [6, 6.07) is 14.8. The number of hydrogen-bond donors (Lipinski definition) is 3. The predicted octanol–water partition coefficient (Wildman–Crippen LogP) is 3.14. The Morgan fingerprint density at radius 3 is 2.45 bits per heavy atom. The maximum Gasteiger partial charge on any atom is 0.255 e. The number of amides is 2. The fourth-order valence-corrected chi connectivity index (χ4v) is 4.94. The Morgan fingerprint density at radius 2 is 1.79 bits per heavy atom. The van der Waals surface area contributed by atoms with Crippen LogP contribution < -0.4 is 21.5 Å². The number of nitrogen functional groups attached to an aromatic ring is 1. The molecule has 1 aromatic heterocycles. The lowest BCUT2D eigenvalue weighted by Gasteiger charge is -2.14. The van der Waals surface area contributed by atoms with Gasteiger partial charge in [0.05, 0.1) is 18.7 Å². The normalized spacial score (nSPS) is 20.8. The first-order chi connectivity index (χ1) is 16.0. The van der Waals surface area contributed by atoms with Crippen LogP contribution in [0.1, 0.15) is 51.6 Å². The van der Waals surface area contributed by atoms with Gasteiger partial charge in [0.1, 0.15) is 22.8 Å². The van der Waals surface area contributed by atoms with E-state index >= 15 is 0 Å². The number of carbonyl (C=O) groups excluding carboxylic acids is 2. The van der Waals surface area contributed by atoms with Crippen LogP contribution in [0.4, 0.5) is 5.82 Å². The van der Waals surface area contributed by atoms with Gasteiger partial charge < -0.3 is 21.5 Å². The largest absolute Gasteiger partial charge is 0.496 e. The van der Waals surface area contributed by atoms with E-state index in [-0.39, 0.29) is 17.5 Å². The highest BCUT2D eigenvalue weighted by atomic mass is 16.5. The molecule has 2 aliphatic rings. The van der Waals surface area contributed by atoms with Gasteiger partial charge in [-0.05, 0) is 48.8 Å². The lowest BCUT2D eigenvalue weighted by molar-refractivity contribution is 0.0946. The van der Waals surface area contributed by atoms with Crippen LogP contribution in [-0.4, -0.2) is 28.7 Å². The highest BCUT2D eigenvalue weighted by Gasteiger charge is 2.47. The molecule has 5 N–H and O–H groups in total. The lowest BCUT2D eigenvalue weighted by atomic mass is 10.0. The van der Waals surface area contributed by atoms with E-state index in [1.807, 2.05) is 30.3 Å². The van der Waals surface area contributed by atoms with E-state index in [1.165, 1.54) is 13.5 Å². The number of primary amides is 1.